The first-order valence-electron chi connectivity index (χ1n) is 10.2. The molecule has 1 fully saturated rings. The fourth-order valence-electron chi connectivity index (χ4n) is 3.88. The maximum Gasteiger partial charge on any atom is 0.260 e. The molecule has 0 aliphatic carbocycles. The van der Waals surface area contributed by atoms with E-state index in [1.165, 1.54) is 0 Å². The Morgan fingerprint density at radius 3 is 2.97 bits per heavy atom. The van der Waals surface area contributed by atoms with Crippen LogP contribution in [0, 0.1) is 0 Å². The minimum Gasteiger partial charge on any atom is -0.493 e. The van der Waals surface area contributed by atoms with Gasteiger partial charge in [0.05, 0.1) is 7.11 Å². The fourth-order valence-corrected chi connectivity index (χ4v) is 3.88. The number of methoxy groups -OCH3 is 1. The largest absolute Gasteiger partial charge is 0.493 e. The Bertz CT molecular complexity index is 1060. The number of amides is 1. The van der Waals surface area contributed by atoms with Crippen molar-refractivity contribution in [3.05, 3.63) is 60.1 Å². The van der Waals surface area contributed by atoms with Crippen LogP contribution in [0.1, 0.15) is 37.1 Å². The summed E-state index contributed by atoms with van der Waals surface area (Å²) in [5.74, 6) is 2.22. The Morgan fingerprint density at radius 1 is 1.23 bits per heavy atom. The number of benzene rings is 1. The van der Waals surface area contributed by atoms with Crippen LogP contribution in [0.2, 0.25) is 0 Å². The maximum atomic E-state index is 12.8. The third-order valence-electron chi connectivity index (χ3n) is 5.38. The van der Waals surface area contributed by atoms with Crippen molar-refractivity contribution in [3.63, 3.8) is 0 Å². The van der Waals surface area contributed by atoms with E-state index in [9.17, 15) is 4.79 Å². The first-order chi connectivity index (χ1) is 14.7. The van der Waals surface area contributed by atoms with Gasteiger partial charge in [-0.15, -0.1) is 10.2 Å². The number of allylic oxidation sites excluding steroid dienone is 1. The number of pyridine rings is 1. The lowest BCUT2D eigenvalue weighted by molar-refractivity contribution is -0.134. The van der Waals surface area contributed by atoms with Gasteiger partial charge in [-0.25, -0.2) is 0 Å². The number of aromatic nitrogens is 3. The van der Waals surface area contributed by atoms with Gasteiger partial charge in [0.1, 0.15) is 5.82 Å². The predicted molar refractivity (Wildman–Crippen MR) is 115 cm³/mol. The monoisotopic (exact) mass is 406 g/mol. The number of likely N-dealkylation sites (tertiary alicyclic amines) is 1. The minimum atomic E-state index is -0.0342. The standard InChI is InChI=1S/C23H26N4O3/c1-3-7-17-10-11-19(20(14-17)29-2)30-16-22(28)26-12-6-8-18(15-26)23-25-24-21-9-4-5-13-27(21)23/h3-5,7,9-11,13-14,18H,6,8,12,15-16H2,1-2H3. The lowest BCUT2D eigenvalue weighted by atomic mass is 9.97. The summed E-state index contributed by atoms with van der Waals surface area (Å²) >= 11 is 0. The second-order valence-electron chi connectivity index (χ2n) is 7.36. The zero-order valence-electron chi connectivity index (χ0n) is 17.3. The Balaban J connectivity index is 1.41. The van der Waals surface area contributed by atoms with E-state index in [4.69, 9.17) is 9.47 Å². The van der Waals surface area contributed by atoms with Gasteiger partial charge in [0, 0.05) is 25.2 Å². The van der Waals surface area contributed by atoms with Crippen LogP contribution in [0.4, 0.5) is 0 Å². The number of rotatable bonds is 6. The zero-order valence-corrected chi connectivity index (χ0v) is 17.3. The molecule has 3 heterocycles. The summed E-state index contributed by atoms with van der Waals surface area (Å²) < 4.78 is 13.2. The van der Waals surface area contributed by atoms with Crippen molar-refractivity contribution < 1.29 is 14.3 Å². The van der Waals surface area contributed by atoms with E-state index >= 15 is 0 Å². The van der Waals surface area contributed by atoms with E-state index in [1.807, 2.05) is 71.0 Å². The Hall–Kier alpha value is -3.35. The van der Waals surface area contributed by atoms with Crippen molar-refractivity contribution in [2.45, 2.75) is 25.7 Å². The molecule has 1 aliphatic rings. The Labute approximate surface area is 175 Å². The highest BCUT2D eigenvalue weighted by Gasteiger charge is 2.28. The molecule has 7 heteroatoms. The van der Waals surface area contributed by atoms with Gasteiger partial charge in [0.25, 0.3) is 5.91 Å². The Morgan fingerprint density at radius 2 is 2.13 bits per heavy atom. The molecule has 1 amide bonds. The summed E-state index contributed by atoms with van der Waals surface area (Å²) in [7, 11) is 1.60. The molecule has 0 radical (unpaired) electrons. The maximum absolute atomic E-state index is 12.8. The van der Waals surface area contributed by atoms with E-state index in [-0.39, 0.29) is 18.4 Å². The molecule has 156 valence electrons. The SMILES string of the molecule is CC=Cc1ccc(OCC(=O)N2CCCC(c3nnc4ccccn34)C2)c(OC)c1. The van der Waals surface area contributed by atoms with Gasteiger partial charge in [-0.05, 0) is 49.6 Å². The molecule has 30 heavy (non-hydrogen) atoms. The minimum absolute atomic E-state index is 0.0212. The van der Waals surface area contributed by atoms with Gasteiger partial charge < -0.3 is 14.4 Å². The number of hydrogen-bond acceptors (Lipinski definition) is 5. The summed E-state index contributed by atoms with van der Waals surface area (Å²) in [6.07, 6.45) is 7.84. The van der Waals surface area contributed by atoms with Crippen LogP contribution in [0.25, 0.3) is 11.7 Å². The number of hydrogen-bond donors (Lipinski definition) is 0. The van der Waals surface area contributed by atoms with Crippen LogP contribution < -0.4 is 9.47 Å². The number of fused-ring (bicyclic) bond motifs is 1. The number of carbonyl (C=O) groups is 1. The molecule has 0 spiro atoms. The summed E-state index contributed by atoms with van der Waals surface area (Å²) in [6.45, 7) is 3.29. The second-order valence-corrected chi connectivity index (χ2v) is 7.36. The average Bonchev–Trinajstić information content (AvgIpc) is 3.22. The first-order valence-corrected chi connectivity index (χ1v) is 10.2. The van der Waals surface area contributed by atoms with E-state index in [0.29, 0.717) is 18.0 Å². The number of carbonyl (C=O) groups excluding carboxylic acids is 1. The van der Waals surface area contributed by atoms with Crippen LogP contribution >= 0.6 is 0 Å². The van der Waals surface area contributed by atoms with Crippen molar-refractivity contribution in [1.82, 2.24) is 19.5 Å². The summed E-state index contributed by atoms with van der Waals surface area (Å²) in [5, 5.41) is 8.62. The summed E-state index contributed by atoms with van der Waals surface area (Å²) in [4.78, 5) is 14.7. The lowest BCUT2D eigenvalue weighted by Gasteiger charge is -2.32. The van der Waals surface area contributed by atoms with Gasteiger partial charge in [-0.2, -0.15) is 0 Å². The van der Waals surface area contributed by atoms with Crippen LogP contribution in [0.5, 0.6) is 11.5 Å². The van der Waals surface area contributed by atoms with Crippen molar-refractivity contribution in [2.75, 3.05) is 26.8 Å². The van der Waals surface area contributed by atoms with Gasteiger partial charge in [-0.3, -0.25) is 9.20 Å². The highest BCUT2D eigenvalue weighted by Crippen LogP contribution is 2.29. The topological polar surface area (TPSA) is 69.0 Å². The normalized spacial score (nSPS) is 16.9. The van der Waals surface area contributed by atoms with E-state index in [1.54, 1.807) is 7.11 Å². The second kappa shape index (κ2) is 8.98. The van der Waals surface area contributed by atoms with E-state index < -0.39 is 0 Å². The van der Waals surface area contributed by atoms with Crippen molar-refractivity contribution in [1.29, 1.82) is 0 Å². The molecule has 1 saturated heterocycles. The van der Waals surface area contributed by atoms with Crippen LogP contribution in [-0.2, 0) is 4.79 Å². The molecule has 2 aromatic heterocycles. The average molecular weight is 406 g/mol. The molecule has 1 unspecified atom stereocenters. The molecule has 1 aliphatic heterocycles. The van der Waals surface area contributed by atoms with Crippen LogP contribution in [0.3, 0.4) is 0 Å². The van der Waals surface area contributed by atoms with E-state index in [0.717, 1.165) is 36.4 Å². The lowest BCUT2D eigenvalue weighted by Crippen LogP contribution is -2.42. The molecule has 3 aromatic rings. The summed E-state index contributed by atoms with van der Waals surface area (Å²) in [5.41, 5.74) is 1.85. The predicted octanol–water partition coefficient (Wildman–Crippen LogP) is 3.56. The molecule has 0 saturated carbocycles. The summed E-state index contributed by atoms with van der Waals surface area (Å²) in [6, 6.07) is 11.5. The quantitative estimate of drug-likeness (QED) is 0.626. The number of nitrogens with zero attached hydrogens (tertiary/aromatic N) is 4. The molecule has 0 N–H and O–H groups in total. The van der Waals surface area contributed by atoms with Gasteiger partial charge in [0.15, 0.2) is 23.8 Å². The molecular weight excluding hydrogens is 380 g/mol. The molecule has 0 bridgehead atoms. The van der Waals surface area contributed by atoms with Gasteiger partial charge in [-0.1, -0.05) is 24.3 Å². The smallest absolute Gasteiger partial charge is 0.260 e. The third-order valence-corrected chi connectivity index (χ3v) is 5.38. The molecule has 1 aromatic carbocycles. The highest BCUT2D eigenvalue weighted by atomic mass is 16.5. The van der Waals surface area contributed by atoms with Crippen molar-refractivity contribution in [3.8, 4) is 11.5 Å². The zero-order chi connectivity index (χ0) is 20.9. The number of piperidine rings is 1. The van der Waals surface area contributed by atoms with Crippen LogP contribution in [-0.4, -0.2) is 52.2 Å². The van der Waals surface area contributed by atoms with Gasteiger partial charge >= 0.3 is 0 Å². The third kappa shape index (κ3) is 4.15. The molecule has 7 nitrogen and oxygen atoms in total. The molecule has 4 rings (SSSR count). The fraction of sp³-hybridized carbons (Fsp3) is 0.348. The van der Waals surface area contributed by atoms with Crippen LogP contribution in [0.15, 0.2) is 48.7 Å². The van der Waals surface area contributed by atoms with Crippen molar-refractivity contribution in [2.24, 2.45) is 0 Å². The Kier molecular flexibility index (Phi) is 5.97. The highest BCUT2D eigenvalue weighted by molar-refractivity contribution is 5.78. The van der Waals surface area contributed by atoms with E-state index in [2.05, 4.69) is 10.2 Å². The van der Waals surface area contributed by atoms with Gasteiger partial charge in [0.2, 0.25) is 0 Å². The number of ether oxygens (including phenoxy) is 2. The molecule has 1 atom stereocenters. The van der Waals surface area contributed by atoms with Crippen molar-refractivity contribution >= 4 is 17.6 Å². The first kappa shape index (κ1) is 19.9. The molecular formula is C23H26N4O3.